The standard InChI is InChI=1S/C16H15FN2O3/c1-22-14-5-3-2-4-12(14)16(21)19-9-10-6-7-11(15(18)20)13(17)8-10/h2-8H,9H2,1H3,(H2,18,20)(H,19,21). The largest absolute Gasteiger partial charge is 0.496 e. The molecule has 2 rings (SSSR count). The minimum Gasteiger partial charge on any atom is -0.496 e. The van der Waals surface area contributed by atoms with Gasteiger partial charge in [-0.1, -0.05) is 18.2 Å². The molecule has 5 nitrogen and oxygen atoms in total. The van der Waals surface area contributed by atoms with E-state index in [2.05, 4.69) is 5.32 Å². The van der Waals surface area contributed by atoms with Crippen molar-refractivity contribution in [3.8, 4) is 5.75 Å². The molecule has 0 aromatic heterocycles. The van der Waals surface area contributed by atoms with Crippen LogP contribution < -0.4 is 15.8 Å². The first kappa shape index (κ1) is 15.5. The molecule has 114 valence electrons. The predicted octanol–water partition coefficient (Wildman–Crippen LogP) is 1.86. The van der Waals surface area contributed by atoms with Gasteiger partial charge < -0.3 is 15.8 Å². The molecule has 0 saturated carbocycles. The quantitative estimate of drug-likeness (QED) is 0.884. The van der Waals surface area contributed by atoms with Gasteiger partial charge in [0.1, 0.15) is 11.6 Å². The summed E-state index contributed by atoms with van der Waals surface area (Å²) in [6.45, 7) is 0.118. The predicted molar refractivity (Wildman–Crippen MR) is 79.1 cm³/mol. The topological polar surface area (TPSA) is 81.4 Å². The summed E-state index contributed by atoms with van der Waals surface area (Å²) in [6.07, 6.45) is 0. The monoisotopic (exact) mass is 302 g/mol. The number of hydrogen-bond acceptors (Lipinski definition) is 3. The highest BCUT2D eigenvalue weighted by atomic mass is 19.1. The fourth-order valence-corrected chi connectivity index (χ4v) is 1.98. The molecular weight excluding hydrogens is 287 g/mol. The summed E-state index contributed by atoms with van der Waals surface area (Å²) in [6, 6.07) is 10.8. The van der Waals surface area contributed by atoms with Gasteiger partial charge in [-0.15, -0.1) is 0 Å². The smallest absolute Gasteiger partial charge is 0.255 e. The highest BCUT2D eigenvalue weighted by Gasteiger charge is 2.12. The zero-order chi connectivity index (χ0) is 16.1. The Labute approximate surface area is 126 Å². The Bertz CT molecular complexity index is 716. The van der Waals surface area contributed by atoms with Crippen LogP contribution in [0, 0.1) is 5.82 Å². The third-order valence-corrected chi connectivity index (χ3v) is 3.10. The van der Waals surface area contributed by atoms with Crippen molar-refractivity contribution in [2.24, 2.45) is 5.73 Å². The SMILES string of the molecule is COc1ccccc1C(=O)NCc1ccc(C(N)=O)c(F)c1. The molecule has 2 aromatic rings. The molecule has 0 spiro atoms. The van der Waals surface area contributed by atoms with Gasteiger partial charge in [0.25, 0.3) is 11.8 Å². The number of amides is 2. The number of ether oxygens (including phenoxy) is 1. The highest BCUT2D eigenvalue weighted by Crippen LogP contribution is 2.17. The normalized spacial score (nSPS) is 10.1. The molecule has 3 N–H and O–H groups in total. The Kier molecular flexibility index (Phi) is 4.73. The van der Waals surface area contributed by atoms with E-state index in [1.165, 1.54) is 25.3 Å². The first-order chi connectivity index (χ1) is 10.5. The van der Waals surface area contributed by atoms with Gasteiger partial charge in [-0.3, -0.25) is 9.59 Å². The lowest BCUT2D eigenvalue weighted by Crippen LogP contribution is -2.23. The Morgan fingerprint density at radius 2 is 1.91 bits per heavy atom. The van der Waals surface area contributed by atoms with E-state index in [4.69, 9.17) is 10.5 Å². The molecule has 6 heteroatoms. The maximum absolute atomic E-state index is 13.6. The Morgan fingerprint density at radius 1 is 1.18 bits per heavy atom. The van der Waals surface area contributed by atoms with Crippen LogP contribution in [0.3, 0.4) is 0 Å². The zero-order valence-electron chi connectivity index (χ0n) is 11.9. The van der Waals surface area contributed by atoms with Gasteiger partial charge in [-0.25, -0.2) is 4.39 Å². The molecule has 0 aliphatic rings. The molecule has 22 heavy (non-hydrogen) atoms. The van der Waals surface area contributed by atoms with E-state index in [0.717, 1.165) is 0 Å². The average molecular weight is 302 g/mol. The van der Waals surface area contributed by atoms with Crippen LogP contribution in [-0.2, 0) is 6.54 Å². The molecule has 0 unspecified atom stereocenters. The van der Waals surface area contributed by atoms with Crippen LogP contribution in [0.15, 0.2) is 42.5 Å². The van der Waals surface area contributed by atoms with Crippen LogP contribution in [0.4, 0.5) is 4.39 Å². The van der Waals surface area contributed by atoms with Crippen molar-refractivity contribution in [1.82, 2.24) is 5.32 Å². The molecule has 0 aliphatic heterocycles. The van der Waals surface area contributed by atoms with Gasteiger partial charge in [0.2, 0.25) is 0 Å². The van der Waals surface area contributed by atoms with E-state index in [-0.39, 0.29) is 18.0 Å². The summed E-state index contributed by atoms with van der Waals surface area (Å²) >= 11 is 0. The first-order valence-electron chi connectivity index (χ1n) is 6.52. The van der Waals surface area contributed by atoms with Gasteiger partial charge in [0, 0.05) is 6.54 Å². The first-order valence-corrected chi connectivity index (χ1v) is 6.52. The van der Waals surface area contributed by atoms with Crippen LogP contribution in [0.2, 0.25) is 0 Å². The van der Waals surface area contributed by atoms with Crippen LogP contribution in [0.25, 0.3) is 0 Å². The molecule has 0 aliphatic carbocycles. The van der Waals surface area contributed by atoms with Crippen molar-refractivity contribution < 1.29 is 18.7 Å². The second-order valence-electron chi connectivity index (χ2n) is 4.56. The number of benzene rings is 2. The third-order valence-electron chi connectivity index (χ3n) is 3.10. The maximum atomic E-state index is 13.6. The van der Waals surface area contributed by atoms with Crippen LogP contribution in [0.1, 0.15) is 26.3 Å². The minimum atomic E-state index is -0.831. The van der Waals surface area contributed by atoms with Crippen molar-refractivity contribution in [3.05, 3.63) is 65.0 Å². The summed E-state index contributed by atoms with van der Waals surface area (Å²) in [5.74, 6) is -1.43. The number of carbonyl (C=O) groups excluding carboxylic acids is 2. The molecule has 0 fully saturated rings. The summed E-state index contributed by atoms with van der Waals surface area (Å²) in [5.41, 5.74) is 5.76. The molecular formula is C16H15FN2O3. The molecule has 0 bridgehead atoms. The number of methoxy groups -OCH3 is 1. The van der Waals surface area contributed by atoms with Crippen molar-refractivity contribution in [2.75, 3.05) is 7.11 Å². The second-order valence-corrected chi connectivity index (χ2v) is 4.56. The fraction of sp³-hybridized carbons (Fsp3) is 0.125. The van der Waals surface area contributed by atoms with Crippen molar-refractivity contribution in [1.29, 1.82) is 0 Å². The summed E-state index contributed by atoms with van der Waals surface area (Å²) in [4.78, 5) is 23.1. The minimum absolute atomic E-state index is 0.118. The fourth-order valence-electron chi connectivity index (χ4n) is 1.98. The maximum Gasteiger partial charge on any atom is 0.255 e. The number of rotatable bonds is 5. The molecule has 0 radical (unpaired) electrons. The van der Waals surface area contributed by atoms with Crippen molar-refractivity contribution >= 4 is 11.8 Å². The number of nitrogens with two attached hydrogens (primary N) is 1. The summed E-state index contributed by atoms with van der Waals surface area (Å²) in [7, 11) is 1.48. The van der Waals surface area contributed by atoms with E-state index >= 15 is 0 Å². The van der Waals surface area contributed by atoms with Crippen molar-refractivity contribution in [3.63, 3.8) is 0 Å². The van der Waals surface area contributed by atoms with E-state index in [1.54, 1.807) is 24.3 Å². The molecule has 0 heterocycles. The average Bonchev–Trinajstić information content (AvgIpc) is 2.52. The van der Waals surface area contributed by atoms with Gasteiger partial charge >= 0.3 is 0 Å². The number of primary amides is 1. The number of carbonyl (C=O) groups is 2. The Hall–Kier alpha value is -2.89. The lowest BCUT2D eigenvalue weighted by atomic mass is 10.1. The second kappa shape index (κ2) is 6.71. The van der Waals surface area contributed by atoms with Gasteiger partial charge in [0.15, 0.2) is 0 Å². The van der Waals surface area contributed by atoms with Gasteiger partial charge in [0.05, 0.1) is 18.2 Å². The molecule has 0 saturated heterocycles. The van der Waals surface area contributed by atoms with Gasteiger partial charge in [-0.05, 0) is 29.8 Å². The van der Waals surface area contributed by atoms with Crippen LogP contribution in [-0.4, -0.2) is 18.9 Å². The summed E-state index contributed by atoms with van der Waals surface area (Å²) in [5, 5.41) is 2.66. The van der Waals surface area contributed by atoms with E-state index in [0.29, 0.717) is 16.9 Å². The summed E-state index contributed by atoms with van der Waals surface area (Å²) < 4.78 is 18.7. The number of nitrogens with one attached hydrogen (secondary N) is 1. The Balaban J connectivity index is 2.08. The van der Waals surface area contributed by atoms with E-state index in [1.807, 2.05) is 0 Å². The number of halogens is 1. The Morgan fingerprint density at radius 3 is 2.55 bits per heavy atom. The molecule has 0 atom stereocenters. The lowest BCUT2D eigenvalue weighted by Gasteiger charge is -2.09. The van der Waals surface area contributed by atoms with Crippen LogP contribution in [0.5, 0.6) is 5.75 Å². The van der Waals surface area contributed by atoms with Crippen molar-refractivity contribution in [2.45, 2.75) is 6.54 Å². The van der Waals surface area contributed by atoms with Gasteiger partial charge in [-0.2, -0.15) is 0 Å². The molecule has 2 aromatic carbocycles. The van der Waals surface area contributed by atoms with E-state index < -0.39 is 11.7 Å². The number of para-hydroxylation sites is 1. The number of hydrogen-bond donors (Lipinski definition) is 2. The molecule has 2 amide bonds. The lowest BCUT2D eigenvalue weighted by molar-refractivity contribution is 0.0946. The zero-order valence-corrected chi connectivity index (χ0v) is 11.9. The highest BCUT2D eigenvalue weighted by molar-refractivity contribution is 5.97. The van der Waals surface area contributed by atoms with Crippen LogP contribution >= 0.6 is 0 Å². The van der Waals surface area contributed by atoms with E-state index in [9.17, 15) is 14.0 Å². The third kappa shape index (κ3) is 3.41.